The smallest absolute Gasteiger partial charge is 0.152 e. The van der Waals surface area contributed by atoms with Crippen LogP contribution in [0, 0.1) is 6.92 Å². The minimum absolute atomic E-state index is 0.745. The van der Waals surface area contributed by atoms with Gasteiger partial charge in [0.05, 0.1) is 5.52 Å². The van der Waals surface area contributed by atoms with Crippen LogP contribution < -0.4 is 0 Å². The normalized spacial score (nSPS) is 11.5. The molecule has 0 aliphatic heterocycles. The third-order valence-corrected chi connectivity index (χ3v) is 4.00. The molecule has 0 aliphatic rings. The maximum absolute atomic E-state index is 4.70. The summed E-state index contributed by atoms with van der Waals surface area (Å²) in [5.74, 6) is 0.745. The fraction of sp³-hybridized carbons (Fsp3) is 0.0476. The van der Waals surface area contributed by atoms with E-state index in [1.165, 1.54) is 10.8 Å². The first-order chi connectivity index (χ1) is 11.3. The zero-order valence-electron chi connectivity index (χ0n) is 12.9. The van der Waals surface area contributed by atoms with Crippen LogP contribution in [0.4, 0.5) is 0 Å². The Labute approximate surface area is 135 Å². The molecule has 3 aromatic carbocycles. The number of aromatic nitrogens is 2. The van der Waals surface area contributed by atoms with E-state index in [2.05, 4.69) is 53.5 Å². The van der Waals surface area contributed by atoms with Gasteiger partial charge in [-0.15, -0.1) is 0 Å². The Balaban J connectivity index is 1.82. The Morgan fingerprint density at radius 2 is 1.43 bits per heavy atom. The topological polar surface area (TPSA) is 25.8 Å². The molecule has 0 saturated heterocycles. The van der Waals surface area contributed by atoms with Gasteiger partial charge >= 0.3 is 0 Å². The fourth-order valence-corrected chi connectivity index (χ4v) is 2.80. The number of fused-ring (bicyclic) bond motifs is 2. The Kier molecular flexibility index (Phi) is 3.35. The molecule has 0 atom stereocenters. The van der Waals surface area contributed by atoms with Gasteiger partial charge in [0.15, 0.2) is 5.82 Å². The molecule has 0 spiro atoms. The van der Waals surface area contributed by atoms with Crippen LogP contribution in [0.5, 0.6) is 0 Å². The highest BCUT2D eigenvalue weighted by Crippen LogP contribution is 2.23. The van der Waals surface area contributed by atoms with Crippen LogP contribution in [-0.2, 0) is 0 Å². The molecule has 2 heteroatoms. The van der Waals surface area contributed by atoms with Crippen molar-refractivity contribution in [3.05, 3.63) is 83.8 Å². The molecule has 110 valence electrons. The van der Waals surface area contributed by atoms with E-state index in [9.17, 15) is 0 Å². The SMILES string of the molecule is Cc1nc(/C=C/c2ccccc2)nc2cc3ccccc3cc12. The summed E-state index contributed by atoms with van der Waals surface area (Å²) in [6.45, 7) is 2.04. The van der Waals surface area contributed by atoms with E-state index >= 15 is 0 Å². The first-order valence-corrected chi connectivity index (χ1v) is 7.70. The first kappa shape index (κ1) is 13.6. The van der Waals surface area contributed by atoms with E-state index in [0.717, 1.165) is 28.0 Å². The van der Waals surface area contributed by atoms with Gasteiger partial charge in [-0.25, -0.2) is 9.97 Å². The monoisotopic (exact) mass is 296 g/mol. The molecule has 0 amide bonds. The van der Waals surface area contributed by atoms with Gasteiger partial charge < -0.3 is 0 Å². The summed E-state index contributed by atoms with van der Waals surface area (Å²) in [4.78, 5) is 9.33. The maximum atomic E-state index is 4.70. The summed E-state index contributed by atoms with van der Waals surface area (Å²) in [7, 11) is 0. The molecule has 0 N–H and O–H groups in total. The maximum Gasteiger partial charge on any atom is 0.152 e. The van der Waals surface area contributed by atoms with E-state index < -0.39 is 0 Å². The quantitative estimate of drug-likeness (QED) is 0.471. The Morgan fingerprint density at radius 1 is 0.739 bits per heavy atom. The van der Waals surface area contributed by atoms with E-state index in [4.69, 9.17) is 4.98 Å². The highest BCUT2D eigenvalue weighted by molar-refractivity contribution is 5.97. The highest BCUT2D eigenvalue weighted by Gasteiger charge is 2.04. The van der Waals surface area contributed by atoms with Crippen molar-refractivity contribution in [2.24, 2.45) is 0 Å². The number of nitrogens with zero attached hydrogens (tertiary/aromatic N) is 2. The van der Waals surface area contributed by atoms with Crippen LogP contribution in [-0.4, -0.2) is 9.97 Å². The molecule has 0 saturated carbocycles. The molecule has 23 heavy (non-hydrogen) atoms. The van der Waals surface area contributed by atoms with Crippen molar-refractivity contribution in [3.63, 3.8) is 0 Å². The third kappa shape index (κ3) is 2.71. The lowest BCUT2D eigenvalue weighted by Crippen LogP contribution is -1.93. The summed E-state index contributed by atoms with van der Waals surface area (Å²) < 4.78 is 0. The van der Waals surface area contributed by atoms with Gasteiger partial charge in [0.25, 0.3) is 0 Å². The summed E-state index contributed by atoms with van der Waals surface area (Å²) in [6, 6.07) is 22.9. The van der Waals surface area contributed by atoms with Crippen molar-refractivity contribution < 1.29 is 0 Å². The fourth-order valence-electron chi connectivity index (χ4n) is 2.80. The van der Waals surface area contributed by atoms with Crippen molar-refractivity contribution in [2.45, 2.75) is 6.92 Å². The molecule has 0 bridgehead atoms. The minimum atomic E-state index is 0.745. The number of hydrogen-bond donors (Lipinski definition) is 0. The first-order valence-electron chi connectivity index (χ1n) is 7.70. The van der Waals surface area contributed by atoms with Crippen LogP contribution in [0.2, 0.25) is 0 Å². The van der Waals surface area contributed by atoms with Gasteiger partial charge in [0.1, 0.15) is 0 Å². The summed E-state index contributed by atoms with van der Waals surface area (Å²) in [6.07, 6.45) is 4.01. The molecule has 0 aliphatic carbocycles. The Bertz CT molecular complexity index is 1020. The van der Waals surface area contributed by atoms with E-state index in [1.807, 2.05) is 37.3 Å². The Hall–Kier alpha value is -3.00. The standard InChI is InChI=1S/C21H16N2/c1-15-19-13-17-9-5-6-10-18(17)14-20(19)23-21(22-15)12-11-16-7-3-2-4-8-16/h2-14H,1H3/b12-11+. The van der Waals surface area contributed by atoms with Crippen molar-refractivity contribution in [2.75, 3.05) is 0 Å². The highest BCUT2D eigenvalue weighted by atomic mass is 14.9. The summed E-state index contributed by atoms with van der Waals surface area (Å²) in [5, 5.41) is 3.54. The molecule has 1 heterocycles. The Morgan fingerprint density at radius 3 is 2.22 bits per heavy atom. The van der Waals surface area contributed by atoms with Gasteiger partial charge in [0.2, 0.25) is 0 Å². The number of benzene rings is 3. The summed E-state index contributed by atoms with van der Waals surface area (Å²) in [5.41, 5.74) is 3.14. The van der Waals surface area contributed by atoms with Crippen LogP contribution in [0.3, 0.4) is 0 Å². The van der Waals surface area contributed by atoms with Gasteiger partial charge in [-0.3, -0.25) is 0 Å². The molecule has 0 fully saturated rings. The average Bonchev–Trinajstić information content (AvgIpc) is 2.59. The molecular formula is C21H16N2. The predicted molar refractivity (Wildman–Crippen MR) is 97.2 cm³/mol. The molecule has 1 aromatic heterocycles. The lowest BCUT2D eigenvalue weighted by molar-refractivity contribution is 1.13. The molecule has 4 aromatic rings. The van der Waals surface area contributed by atoms with E-state index in [0.29, 0.717) is 0 Å². The zero-order chi connectivity index (χ0) is 15.6. The minimum Gasteiger partial charge on any atom is -0.233 e. The average molecular weight is 296 g/mol. The van der Waals surface area contributed by atoms with Gasteiger partial charge in [0, 0.05) is 11.1 Å². The lowest BCUT2D eigenvalue weighted by atomic mass is 10.1. The van der Waals surface area contributed by atoms with Gasteiger partial charge in [-0.1, -0.05) is 60.7 Å². The van der Waals surface area contributed by atoms with Crippen LogP contribution >= 0.6 is 0 Å². The van der Waals surface area contributed by atoms with Crippen molar-refractivity contribution in [1.82, 2.24) is 9.97 Å². The van der Waals surface area contributed by atoms with Gasteiger partial charge in [-0.05, 0) is 41.5 Å². The number of aryl methyl sites for hydroxylation is 1. The van der Waals surface area contributed by atoms with Crippen LogP contribution in [0.25, 0.3) is 33.8 Å². The molecule has 0 unspecified atom stereocenters. The molecule has 4 rings (SSSR count). The van der Waals surface area contributed by atoms with E-state index in [1.54, 1.807) is 0 Å². The van der Waals surface area contributed by atoms with Gasteiger partial charge in [-0.2, -0.15) is 0 Å². The second-order valence-electron chi connectivity index (χ2n) is 5.63. The summed E-state index contributed by atoms with van der Waals surface area (Å²) >= 11 is 0. The van der Waals surface area contributed by atoms with Crippen molar-refractivity contribution in [1.29, 1.82) is 0 Å². The van der Waals surface area contributed by atoms with Crippen LogP contribution in [0.1, 0.15) is 17.1 Å². The molecule has 2 nitrogen and oxygen atoms in total. The molecule has 0 radical (unpaired) electrons. The van der Waals surface area contributed by atoms with E-state index in [-0.39, 0.29) is 0 Å². The predicted octanol–water partition coefficient (Wildman–Crippen LogP) is 5.26. The number of rotatable bonds is 2. The second kappa shape index (κ2) is 5.65. The number of hydrogen-bond acceptors (Lipinski definition) is 2. The van der Waals surface area contributed by atoms with Crippen molar-refractivity contribution >= 4 is 33.8 Å². The van der Waals surface area contributed by atoms with Crippen LogP contribution in [0.15, 0.2) is 66.7 Å². The zero-order valence-corrected chi connectivity index (χ0v) is 12.9. The largest absolute Gasteiger partial charge is 0.233 e. The second-order valence-corrected chi connectivity index (χ2v) is 5.63. The lowest BCUT2D eigenvalue weighted by Gasteiger charge is -2.05. The third-order valence-electron chi connectivity index (χ3n) is 4.00. The molecular weight excluding hydrogens is 280 g/mol. The van der Waals surface area contributed by atoms with Crippen molar-refractivity contribution in [3.8, 4) is 0 Å².